The van der Waals surface area contributed by atoms with Crippen LogP contribution in [0.5, 0.6) is 0 Å². The van der Waals surface area contributed by atoms with Gasteiger partial charge in [-0.3, -0.25) is 9.89 Å². The van der Waals surface area contributed by atoms with Crippen molar-refractivity contribution in [2.75, 3.05) is 0 Å². The summed E-state index contributed by atoms with van der Waals surface area (Å²) in [7, 11) is 0. The Morgan fingerprint density at radius 1 is 1.43 bits per heavy atom. The van der Waals surface area contributed by atoms with Gasteiger partial charge < -0.3 is 10.4 Å². The van der Waals surface area contributed by atoms with Gasteiger partial charge in [-0.2, -0.15) is 0 Å². The Labute approximate surface area is 123 Å². The van der Waals surface area contributed by atoms with Crippen molar-refractivity contribution in [2.24, 2.45) is 0 Å². The van der Waals surface area contributed by atoms with E-state index >= 15 is 0 Å². The summed E-state index contributed by atoms with van der Waals surface area (Å²) in [5.74, 6) is -0.158. The molecule has 8 nitrogen and oxygen atoms in total. The summed E-state index contributed by atoms with van der Waals surface area (Å²) < 4.78 is 0. The van der Waals surface area contributed by atoms with Crippen molar-refractivity contribution in [3.8, 4) is 0 Å². The maximum atomic E-state index is 11.9. The Kier molecular flexibility index (Phi) is 3.42. The van der Waals surface area contributed by atoms with Gasteiger partial charge in [0.05, 0.1) is 12.2 Å². The predicted octanol–water partition coefficient (Wildman–Crippen LogP) is 1.08. The molecule has 1 saturated carbocycles. The Morgan fingerprint density at radius 3 is 2.81 bits per heavy atom. The molecule has 21 heavy (non-hydrogen) atoms. The summed E-state index contributed by atoms with van der Waals surface area (Å²) in [6.07, 6.45) is 2.15. The van der Waals surface area contributed by atoms with Gasteiger partial charge in [0, 0.05) is 5.92 Å². The number of carboxylic acid groups (broad SMARTS) is 1. The van der Waals surface area contributed by atoms with Crippen LogP contribution >= 0.6 is 11.3 Å². The molecule has 1 aliphatic carbocycles. The van der Waals surface area contributed by atoms with E-state index in [2.05, 4.69) is 25.5 Å². The first kappa shape index (κ1) is 13.7. The fourth-order valence-corrected chi connectivity index (χ4v) is 2.72. The molecule has 110 valence electrons. The van der Waals surface area contributed by atoms with Crippen molar-refractivity contribution < 1.29 is 14.7 Å². The molecule has 9 heteroatoms. The zero-order chi connectivity index (χ0) is 15.0. The molecule has 0 aliphatic heterocycles. The summed E-state index contributed by atoms with van der Waals surface area (Å²) in [6.45, 7) is 1.79. The van der Waals surface area contributed by atoms with E-state index in [1.54, 1.807) is 6.92 Å². The molecule has 0 radical (unpaired) electrons. The average Bonchev–Trinajstić information content (AvgIpc) is 3.05. The van der Waals surface area contributed by atoms with E-state index in [1.165, 1.54) is 0 Å². The molecule has 1 fully saturated rings. The summed E-state index contributed by atoms with van der Waals surface area (Å²) in [5.41, 5.74) is 0.450. The van der Waals surface area contributed by atoms with Crippen molar-refractivity contribution in [2.45, 2.75) is 32.2 Å². The first-order valence-electron chi connectivity index (χ1n) is 6.44. The number of aromatic nitrogens is 4. The standard InChI is InChI=1S/C12H13N5O3S/c1-5-8(12(19)20)21-7(14-5)4-13-11(18)10-15-9(16-17-10)6-2-3-6/h6H,2-4H2,1H3,(H,13,18)(H,19,20)(H,15,16,17). The minimum absolute atomic E-state index is 0.101. The van der Waals surface area contributed by atoms with E-state index in [-0.39, 0.29) is 17.2 Å². The van der Waals surface area contributed by atoms with Gasteiger partial charge in [0.25, 0.3) is 5.91 Å². The van der Waals surface area contributed by atoms with Gasteiger partial charge in [-0.15, -0.1) is 16.4 Å². The van der Waals surface area contributed by atoms with Gasteiger partial charge in [-0.25, -0.2) is 14.8 Å². The lowest BCUT2D eigenvalue weighted by Crippen LogP contribution is -2.24. The van der Waals surface area contributed by atoms with Crippen molar-refractivity contribution in [3.05, 3.63) is 27.2 Å². The van der Waals surface area contributed by atoms with E-state index in [1.807, 2.05) is 0 Å². The van der Waals surface area contributed by atoms with Gasteiger partial charge in [-0.1, -0.05) is 0 Å². The number of aromatic amines is 1. The molecule has 0 bridgehead atoms. The summed E-state index contributed by atoms with van der Waals surface area (Å²) in [5, 5.41) is 18.8. The van der Waals surface area contributed by atoms with Crippen LogP contribution in [0.25, 0.3) is 0 Å². The monoisotopic (exact) mass is 307 g/mol. The normalized spacial score (nSPS) is 14.1. The molecule has 1 aliphatic rings. The van der Waals surface area contributed by atoms with Crippen LogP contribution in [0.2, 0.25) is 0 Å². The van der Waals surface area contributed by atoms with Crippen LogP contribution < -0.4 is 5.32 Å². The van der Waals surface area contributed by atoms with Crippen LogP contribution in [0.3, 0.4) is 0 Å². The van der Waals surface area contributed by atoms with E-state index in [0.29, 0.717) is 16.6 Å². The number of carbonyl (C=O) groups is 2. The molecule has 1 amide bonds. The first-order chi connectivity index (χ1) is 10.0. The summed E-state index contributed by atoms with van der Waals surface area (Å²) in [6, 6.07) is 0. The van der Waals surface area contributed by atoms with Gasteiger partial charge >= 0.3 is 5.97 Å². The molecule has 0 spiro atoms. The largest absolute Gasteiger partial charge is 0.477 e. The highest BCUT2D eigenvalue weighted by atomic mass is 32.1. The van der Waals surface area contributed by atoms with Crippen LogP contribution in [0.4, 0.5) is 0 Å². The number of aryl methyl sites for hydroxylation is 1. The summed E-state index contributed by atoms with van der Waals surface area (Å²) in [4.78, 5) is 31.3. The number of nitrogens with one attached hydrogen (secondary N) is 2. The topological polar surface area (TPSA) is 121 Å². The maximum absolute atomic E-state index is 11.9. The van der Waals surface area contributed by atoms with Crippen LogP contribution in [-0.4, -0.2) is 37.1 Å². The Balaban J connectivity index is 1.62. The van der Waals surface area contributed by atoms with Gasteiger partial charge in [0.2, 0.25) is 5.82 Å². The third-order valence-corrected chi connectivity index (χ3v) is 4.25. The SMILES string of the molecule is Cc1nc(CNC(=O)c2n[nH]c(C3CC3)n2)sc1C(=O)O. The minimum Gasteiger partial charge on any atom is -0.477 e. The molecule has 2 aromatic heterocycles. The molecule has 0 unspecified atom stereocenters. The third kappa shape index (κ3) is 2.92. The number of carbonyl (C=O) groups excluding carboxylic acids is 1. The smallest absolute Gasteiger partial charge is 0.347 e. The third-order valence-electron chi connectivity index (χ3n) is 3.11. The predicted molar refractivity (Wildman–Crippen MR) is 73.3 cm³/mol. The molecule has 0 atom stereocenters. The van der Waals surface area contributed by atoms with Gasteiger partial charge in [0.15, 0.2) is 0 Å². The number of amides is 1. The number of rotatable bonds is 5. The number of hydrogen-bond donors (Lipinski definition) is 3. The highest BCUT2D eigenvalue weighted by Crippen LogP contribution is 2.37. The molecular weight excluding hydrogens is 294 g/mol. The van der Waals surface area contributed by atoms with Crippen molar-refractivity contribution >= 4 is 23.2 Å². The molecule has 2 heterocycles. The second-order valence-corrected chi connectivity index (χ2v) is 5.91. The molecular formula is C12H13N5O3S. The van der Waals surface area contributed by atoms with Crippen LogP contribution in [0, 0.1) is 6.92 Å². The number of aromatic carboxylic acids is 1. The van der Waals surface area contributed by atoms with E-state index < -0.39 is 11.9 Å². The second-order valence-electron chi connectivity index (χ2n) is 4.83. The zero-order valence-electron chi connectivity index (χ0n) is 11.2. The fraction of sp³-hybridized carbons (Fsp3) is 0.417. The number of hydrogen-bond acceptors (Lipinski definition) is 6. The van der Waals surface area contributed by atoms with Crippen molar-refractivity contribution in [1.29, 1.82) is 0 Å². The molecule has 2 aromatic rings. The molecule has 3 rings (SSSR count). The maximum Gasteiger partial charge on any atom is 0.347 e. The lowest BCUT2D eigenvalue weighted by Gasteiger charge is -1.98. The lowest BCUT2D eigenvalue weighted by molar-refractivity contribution is 0.0701. The quantitative estimate of drug-likeness (QED) is 0.760. The van der Waals surface area contributed by atoms with E-state index in [4.69, 9.17) is 5.11 Å². The average molecular weight is 307 g/mol. The highest BCUT2D eigenvalue weighted by Gasteiger charge is 2.28. The number of thiazole rings is 1. The van der Waals surface area contributed by atoms with Crippen molar-refractivity contribution in [3.63, 3.8) is 0 Å². The van der Waals surface area contributed by atoms with Crippen LogP contribution in [0.1, 0.15) is 55.6 Å². The van der Waals surface area contributed by atoms with Crippen LogP contribution in [0.15, 0.2) is 0 Å². The van der Waals surface area contributed by atoms with E-state index in [9.17, 15) is 9.59 Å². The summed E-state index contributed by atoms with van der Waals surface area (Å²) >= 11 is 1.05. The Bertz CT molecular complexity index is 704. The zero-order valence-corrected chi connectivity index (χ0v) is 12.0. The molecule has 0 aromatic carbocycles. The Hall–Kier alpha value is -2.29. The number of H-pyrrole nitrogens is 1. The molecule has 0 saturated heterocycles. The number of nitrogens with zero attached hydrogens (tertiary/aromatic N) is 3. The Morgan fingerprint density at radius 2 is 2.19 bits per heavy atom. The lowest BCUT2D eigenvalue weighted by atomic mass is 10.4. The van der Waals surface area contributed by atoms with Crippen LogP contribution in [-0.2, 0) is 6.54 Å². The second kappa shape index (κ2) is 5.24. The number of carboxylic acids is 1. The first-order valence-corrected chi connectivity index (χ1v) is 7.26. The fourth-order valence-electron chi connectivity index (χ4n) is 1.88. The van der Waals surface area contributed by atoms with Gasteiger partial charge in [0.1, 0.15) is 15.7 Å². The molecule has 3 N–H and O–H groups in total. The van der Waals surface area contributed by atoms with Crippen molar-refractivity contribution in [1.82, 2.24) is 25.5 Å². The van der Waals surface area contributed by atoms with Gasteiger partial charge in [-0.05, 0) is 19.8 Å². The highest BCUT2D eigenvalue weighted by molar-refractivity contribution is 7.13. The van der Waals surface area contributed by atoms with E-state index in [0.717, 1.165) is 30.0 Å². The minimum atomic E-state index is -1.01.